The molecule has 2 rings (SSSR count). The van der Waals surface area contributed by atoms with Crippen LogP contribution < -0.4 is 4.90 Å². The van der Waals surface area contributed by atoms with Crippen molar-refractivity contribution in [1.29, 1.82) is 0 Å². The molecule has 1 aliphatic heterocycles. The van der Waals surface area contributed by atoms with E-state index in [9.17, 15) is 14.7 Å². The average Bonchev–Trinajstić information content (AvgIpc) is 2.49. The van der Waals surface area contributed by atoms with Crippen LogP contribution in [0.3, 0.4) is 0 Å². The number of hydrogen-bond acceptors (Lipinski definition) is 3. The van der Waals surface area contributed by atoms with Gasteiger partial charge in [-0.1, -0.05) is 30.4 Å². The first-order valence-electron chi connectivity index (χ1n) is 6.48. The number of carbonyl (C=O) groups excluding carboxylic acids is 2. The van der Waals surface area contributed by atoms with E-state index in [2.05, 4.69) is 13.2 Å². The molecule has 0 saturated carbocycles. The van der Waals surface area contributed by atoms with Gasteiger partial charge in [-0.15, -0.1) is 13.2 Å². The maximum atomic E-state index is 12.5. The number of amides is 4. The molecule has 6 nitrogen and oxygen atoms in total. The van der Waals surface area contributed by atoms with Gasteiger partial charge >= 0.3 is 12.1 Å². The van der Waals surface area contributed by atoms with Gasteiger partial charge in [-0.25, -0.2) is 19.4 Å². The van der Waals surface area contributed by atoms with E-state index in [0.29, 0.717) is 5.69 Å². The van der Waals surface area contributed by atoms with E-state index in [1.807, 2.05) is 0 Å². The van der Waals surface area contributed by atoms with Crippen LogP contribution in [0, 0.1) is 0 Å². The number of nitrogens with zero attached hydrogens (tertiary/aromatic N) is 3. The van der Waals surface area contributed by atoms with Crippen LogP contribution in [0.4, 0.5) is 15.3 Å². The maximum absolute atomic E-state index is 12.5. The highest BCUT2D eigenvalue weighted by Gasteiger charge is 2.43. The lowest BCUT2D eigenvalue weighted by Crippen LogP contribution is -2.66. The number of anilines is 1. The smallest absolute Gasteiger partial charge is 0.336 e. The predicted octanol–water partition coefficient (Wildman–Crippen LogP) is 2.00. The number of rotatable bonds is 5. The Labute approximate surface area is 123 Å². The summed E-state index contributed by atoms with van der Waals surface area (Å²) in [7, 11) is 0. The Hall–Kier alpha value is -2.60. The number of carbonyl (C=O) groups is 2. The summed E-state index contributed by atoms with van der Waals surface area (Å²) in [4.78, 5) is 28.1. The third kappa shape index (κ3) is 2.66. The van der Waals surface area contributed by atoms with Gasteiger partial charge in [-0.3, -0.25) is 4.90 Å². The van der Waals surface area contributed by atoms with Gasteiger partial charge in [0.2, 0.25) is 6.35 Å². The molecule has 0 radical (unpaired) electrons. The molecule has 4 amide bonds. The van der Waals surface area contributed by atoms with Crippen LogP contribution in [0.15, 0.2) is 55.6 Å². The molecule has 6 heteroatoms. The van der Waals surface area contributed by atoms with Crippen molar-refractivity contribution in [2.75, 3.05) is 18.0 Å². The number of aliphatic hydroxyl groups excluding tert-OH is 1. The Balaban J connectivity index is 2.42. The van der Waals surface area contributed by atoms with E-state index < -0.39 is 18.4 Å². The number of benzene rings is 1. The van der Waals surface area contributed by atoms with Gasteiger partial charge in [0.15, 0.2) is 0 Å². The van der Waals surface area contributed by atoms with E-state index >= 15 is 0 Å². The van der Waals surface area contributed by atoms with Crippen molar-refractivity contribution in [2.24, 2.45) is 0 Å². The van der Waals surface area contributed by atoms with Gasteiger partial charge in [0.05, 0.1) is 6.54 Å². The molecule has 1 aromatic rings. The summed E-state index contributed by atoms with van der Waals surface area (Å²) >= 11 is 0. The molecule has 1 atom stereocenters. The molecule has 1 aromatic carbocycles. The van der Waals surface area contributed by atoms with Crippen molar-refractivity contribution in [3.8, 4) is 0 Å². The van der Waals surface area contributed by atoms with Crippen LogP contribution >= 0.6 is 0 Å². The number of para-hydroxylation sites is 1. The zero-order valence-electron chi connectivity index (χ0n) is 11.6. The van der Waals surface area contributed by atoms with Gasteiger partial charge in [0.25, 0.3) is 0 Å². The molecular formula is C15H17N3O3. The first kappa shape index (κ1) is 14.8. The predicted molar refractivity (Wildman–Crippen MR) is 79.5 cm³/mol. The fourth-order valence-electron chi connectivity index (χ4n) is 2.13. The molecule has 1 heterocycles. The zero-order valence-corrected chi connectivity index (χ0v) is 11.6. The summed E-state index contributed by atoms with van der Waals surface area (Å²) in [5, 5.41) is 10.4. The lowest BCUT2D eigenvalue weighted by atomic mass is 10.2. The van der Waals surface area contributed by atoms with Crippen LogP contribution in [-0.4, -0.2) is 46.4 Å². The lowest BCUT2D eigenvalue weighted by Gasteiger charge is -2.43. The average molecular weight is 287 g/mol. The topological polar surface area (TPSA) is 64.1 Å². The Morgan fingerprint density at radius 3 is 2.24 bits per heavy atom. The number of aliphatic hydroxyl groups is 1. The second-order valence-electron chi connectivity index (χ2n) is 4.46. The summed E-state index contributed by atoms with van der Waals surface area (Å²) in [5.41, 5.74) is 0.505. The van der Waals surface area contributed by atoms with Crippen molar-refractivity contribution >= 4 is 17.7 Å². The minimum atomic E-state index is -1.37. The molecule has 21 heavy (non-hydrogen) atoms. The van der Waals surface area contributed by atoms with Crippen molar-refractivity contribution < 1.29 is 14.7 Å². The van der Waals surface area contributed by atoms with Crippen molar-refractivity contribution in [1.82, 2.24) is 9.80 Å². The van der Waals surface area contributed by atoms with E-state index in [0.717, 1.165) is 14.7 Å². The van der Waals surface area contributed by atoms with E-state index in [4.69, 9.17) is 0 Å². The Morgan fingerprint density at radius 2 is 1.67 bits per heavy atom. The Morgan fingerprint density at radius 1 is 1.05 bits per heavy atom. The van der Waals surface area contributed by atoms with Crippen LogP contribution in [0.5, 0.6) is 0 Å². The molecule has 1 aliphatic rings. The summed E-state index contributed by atoms with van der Waals surface area (Å²) < 4.78 is 0. The highest BCUT2D eigenvalue weighted by Crippen LogP contribution is 2.24. The molecule has 1 unspecified atom stereocenters. The molecule has 110 valence electrons. The van der Waals surface area contributed by atoms with E-state index in [-0.39, 0.29) is 13.1 Å². The first-order chi connectivity index (χ1) is 10.1. The zero-order chi connectivity index (χ0) is 15.4. The molecule has 0 spiro atoms. The van der Waals surface area contributed by atoms with Crippen LogP contribution in [-0.2, 0) is 0 Å². The van der Waals surface area contributed by atoms with Gasteiger partial charge < -0.3 is 5.11 Å². The fourth-order valence-corrected chi connectivity index (χ4v) is 2.13. The van der Waals surface area contributed by atoms with E-state index in [1.165, 1.54) is 12.2 Å². The van der Waals surface area contributed by atoms with Gasteiger partial charge in [-0.05, 0) is 12.1 Å². The van der Waals surface area contributed by atoms with Gasteiger partial charge in [0, 0.05) is 12.2 Å². The minimum Gasteiger partial charge on any atom is -0.356 e. The summed E-state index contributed by atoms with van der Waals surface area (Å²) in [5.74, 6) is 0. The minimum absolute atomic E-state index is 0.0708. The summed E-state index contributed by atoms with van der Waals surface area (Å²) in [6.07, 6.45) is 1.58. The van der Waals surface area contributed by atoms with E-state index in [1.54, 1.807) is 30.3 Å². The van der Waals surface area contributed by atoms with Gasteiger partial charge in [0.1, 0.15) is 0 Å². The number of imide groups is 1. The normalized spacial score (nSPS) is 18.9. The Kier molecular flexibility index (Phi) is 4.39. The molecular weight excluding hydrogens is 270 g/mol. The summed E-state index contributed by atoms with van der Waals surface area (Å²) in [6, 6.07) is 7.53. The largest absolute Gasteiger partial charge is 0.356 e. The highest BCUT2D eigenvalue weighted by molar-refractivity contribution is 6.05. The van der Waals surface area contributed by atoms with Crippen molar-refractivity contribution in [3.63, 3.8) is 0 Å². The third-order valence-electron chi connectivity index (χ3n) is 3.10. The molecule has 1 N–H and O–H groups in total. The second-order valence-corrected chi connectivity index (χ2v) is 4.46. The van der Waals surface area contributed by atoms with Crippen LogP contribution in [0.1, 0.15) is 0 Å². The molecule has 0 aliphatic carbocycles. The van der Waals surface area contributed by atoms with Crippen molar-refractivity contribution in [2.45, 2.75) is 6.35 Å². The van der Waals surface area contributed by atoms with Gasteiger partial charge in [-0.2, -0.15) is 0 Å². The molecule has 0 bridgehead atoms. The second kappa shape index (κ2) is 6.23. The lowest BCUT2D eigenvalue weighted by molar-refractivity contribution is 0.0147. The number of hydrogen-bond donors (Lipinski definition) is 1. The van der Waals surface area contributed by atoms with Crippen LogP contribution in [0.25, 0.3) is 0 Å². The number of urea groups is 2. The first-order valence-corrected chi connectivity index (χ1v) is 6.48. The van der Waals surface area contributed by atoms with Crippen molar-refractivity contribution in [3.05, 3.63) is 55.6 Å². The van der Waals surface area contributed by atoms with Crippen LogP contribution in [0.2, 0.25) is 0 Å². The molecule has 0 aromatic heterocycles. The highest BCUT2D eigenvalue weighted by atomic mass is 16.3. The fraction of sp³-hybridized carbons (Fsp3) is 0.200. The quantitative estimate of drug-likeness (QED) is 0.842. The summed E-state index contributed by atoms with van der Waals surface area (Å²) in [6.45, 7) is 7.31. The molecule has 1 saturated heterocycles. The third-order valence-corrected chi connectivity index (χ3v) is 3.10. The maximum Gasteiger partial charge on any atom is 0.336 e. The standard InChI is InChI=1S/C15H17N3O3/c1-3-10-16-13(19)17(11-4-2)15(21)18(14(16)20)12-8-6-5-7-9-12/h3-9,14,20H,1-2,10-11H2. The molecule has 1 fully saturated rings. The monoisotopic (exact) mass is 287 g/mol. The SMILES string of the molecule is C=CCN1C(=O)N(CC=C)C(O)N(c2ccccc2)C1=O. The Bertz CT molecular complexity index is 559.